The summed E-state index contributed by atoms with van der Waals surface area (Å²) in [6.45, 7) is 0.553. The van der Waals surface area contributed by atoms with Gasteiger partial charge in [0.2, 0.25) is 0 Å². The van der Waals surface area contributed by atoms with E-state index in [1.165, 1.54) is 0 Å². The zero-order valence-corrected chi connectivity index (χ0v) is 9.80. The first-order valence-electron chi connectivity index (χ1n) is 6.00. The van der Waals surface area contributed by atoms with Gasteiger partial charge in [-0.3, -0.25) is 0 Å². The van der Waals surface area contributed by atoms with Gasteiger partial charge in [0, 0.05) is 12.2 Å². The Hall–Kier alpha value is -1.44. The van der Waals surface area contributed by atoms with Crippen molar-refractivity contribution in [1.82, 2.24) is 4.98 Å². The molecule has 1 fully saturated rings. The molecule has 0 saturated heterocycles. The Kier molecular flexibility index (Phi) is 4.08. The number of ether oxygens (including phenoxy) is 1. The van der Waals surface area contributed by atoms with Crippen molar-refractivity contribution in [1.29, 1.82) is 5.26 Å². The zero-order valence-electron chi connectivity index (χ0n) is 9.80. The lowest BCUT2D eigenvalue weighted by Crippen LogP contribution is -2.30. The molecule has 90 valence electrons. The lowest BCUT2D eigenvalue weighted by molar-refractivity contribution is 0.0138. The van der Waals surface area contributed by atoms with Gasteiger partial charge in [0.25, 0.3) is 0 Å². The fraction of sp³-hybridized carbons (Fsp3) is 0.538. The van der Waals surface area contributed by atoms with Gasteiger partial charge >= 0.3 is 0 Å². The highest BCUT2D eigenvalue weighted by Crippen LogP contribution is 2.20. The van der Waals surface area contributed by atoms with Gasteiger partial charge in [0.1, 0.15) is 11.8 Å². The minimum atomic E-state index is 0.313. The van der Waals surface area contributed by atoms with E-state index in [4.69, 9.17) is 15.7 Å². The predicted molar refractivity (Wildman–Crippen MR) is 64.0 cm³/mol. The summed E-state index contributed by atoms with van der Waals surface area (Å²) in [5.74, 6) is 0. The van der Waals surface area contributed by atoms with E-state index in [1.807, 2.05) is 12.1 Å². The molecule has 1 aliphatic carbocycles. The zero-order chi connectivity index (χ0) is 12.1. The van der Waals surface area contributed by atoms with E-state index >= 15 is 0 Å². The Morgan fingerprint density at radius 2 is 2.18 bits per heavy atom. The SMILES string of the molecule is N#Cc1cc(COC2CCC(N)CC2)ccn1. The van der Waals surface area contributed by atoms with E-state index in [9.17, 15) is 0 Å². The third-order valence-electron chi connectivity index (χ3n) is 3.14. The van der Waals surface area contributed by atoms with E-state index in [0.717, 1.165) is 31.2 Å². The van der Waals surface area contributed by atoms with Crippen LogP contribution in [-0.2, 0) is 11.3 Å². The van der Waals surface area contributed by atoms with Gasteiger partial charge in [-0.15, -0.1) is 0 Å². The molecule has 0 aliphatic heterocycles. The van der Waals surface area contributed by atoms with Gasteiger partial charge in [0.05, 0.1) is 12.7 Å². The molecular weight excluding hydrogens is 214 g/mol. The number of nitrogens with zero attached hydrogens (tertiary/aromatic N) is 2. The van der Waals surface area contributed by atoms with Crippen LogP contribution in [0, 0.1) is 11.3 Å². The molecule has 0 aromatic carbocycles. The van der Waals surface area contributed by atoms with E-state index < -0.39 is 0 Å². The monoisotopic (exact) mass is 231 g/mol. The van der Waals surface area contributed by atoms with Crippen LogP contribution < -0.4 is 5.73 Å². The largest absolute Gasteiger partial charge is 0.374 e. The second-order valence-corrected chi connectivity index (χ2v) is 4.51. The number of hydrogen-bond donors (Lipinski definition) is 1. The Labute approximate surface area is 101 Å². The smallest absolute Gasteiger partial charge is 0.140 e. The van der Waals surface area contributed by atoms with Crippen molar-refractivity contribution in [3.05, 3.63) is 29.6 Å². The minimum Gasteiger partial charge on any atom is -0.374 e. The first-order chi connectivity index (χ1) is 8.28. The van der Waals surface area contributed by atoms with Crippen molar-refractivity contribution in [2.24, 2.45) is 5.73 Å². The van der Waals surface area contributed by atoms with Crippen molar-refractivity contribution in [2.75, 3.05) is 0 Å². The third-order valence-corrected chi connectivity index (χ3v) is 3.14. The highest BCUT2D eigenvalue weighted by molar-refractivity contribution is 5.24. The van der Waals surface area contributed by atoms with Crippen LogP contribution in [0.15, 0.2) is 18.3 Å². The molecule has 4 nitrogen and oxygen atoms in total. The van der Waals surface area contributed by atoms with Crippen LogP contribution in [0.25, 0.3) is 0 Å². The summed E-state index contributed by atoms with van der Waals surface area (Å²) in [4.78, 5) is 3.93. The van der Waals surface area contributed by atoms with Crippen molar-refractivity contribution < 1.29 is 4.74 Å². The van der Waals surface area contributed by atoms with Crippen LogP contribution >= 0.6 is 0 Å². The van der Waals surface area contributed by atoms with E-state index in [1.54, 1.807) is 12.3 Å². The van der Waals surface area contributed by atoms with E-state index in [0.29, 0.717) is 24.4 Å². The number of nitrogens with two attached hydrogens (primary N) is 1. The summed E-state index contributed by atoms with van der Waals surface area (Å²) in [5.41, 5.74) is 7.29. The maximum Gasteiger partial charge on any atom is 0.140 e. The normalized spacial score (nSPS) is 24.2. The molecule has 0 amide bonds. The molecule has 0 bridgehead atoms. The highest BCUT2D eigenvalue weighted by atomic mass is 16.5. The van der Waals surface area contributed by atoms with Gasteiger partial charge in [0.15, 0.2) is 0 Å². The molecule has 0 radical (unpaired) electrons. The molecule has 1 heterocycles. The van der Waals surface area contributed by atoms with Crippen LogP contribution in [0.4, 0.5) is 0 Å². The highest BCUT2D eigenvalue weighted by Gasteiger charge is 2.18. The summed E-state index contributed by atoms with van der Waals surface area (Å²) in [5, 5.41) is 8.74. The summed E-state index contributed by atoms with van der Waals surface area (Å²) in [6.07, 6.45) is 6.13. The molecule has 2 N–H and O–H groups in total. The van der Waals surface area contributed by atoms with Crippen LogP contribution in [-0.4, -0.2) is 17.1 Å². The number of nitriles is 1. The number of hydrogen-bond acceptors (Lipinski definition) is 4. The van der Waals surface area contributed by atoms with E-state index in [-0.39, 0.29) is 0 Å². The Bertz CT molecular complexity index is 405. The second kappa shape index (κ2) is 5.76. The molecule has 0 unspecified atom stereocenters. The molecule has 0 spiro atoms. The summed E-state index contributed by atoms with van der Waals surface area (Å²) < 4.78 is 5.82. The van der Waals surface area contributed by atoms with Gasteiger partial charge in [-0.2, -0.15) is 5.26 Å². The summed E-state index contributed by atoms with van der Waals surface area (Å²) >= 11 is 0. The third kappa shape index (κ3) is 3.52. The van der Waals surface area contributed by atoms with Crippen molar-refractivity contribution in [3.63, 3.8) is 0 Å². The summed E-state index contributed by atoms with van der Waals surface area (Å²) in [6, 6.07) is 6.03. The molecular formula is C13H17N3O. The quantitative estimate of drug-likeness (QED) is 0.860. The van der Waals surface area contributed by atoms with Gasteiger partial charge < -0.3 is 10.5 Å². The average Bonchev–Trinajstić information content (AvgIpc) is 2.38. The molecule has 2 rings (SSSR count). The maximum absolute atomic E-state index is 8.74. The fourth-order valence-corrected chi connectivity index (χ4v) is 2.09. The van der Waals surface area contributed by atoms with E-state index in [2.05, 4.69) is 4.98 Å². The van der Waals surface area contributed by atoms with Crippen LogP contribution in [0.3, 0.4) is 0 Å². The van der Waals surface area contributed by atoms with Crippen molar-refractivity contribution in [3.8, 4) is 6.07 Å². The lowest BCUT2D eigenvalue weighted by Gasteiger charge is -2.26. The first-order valence-corrected chi connectivity index (χ1v) is 6.00. The predicted octanol–water partition coefficient (Wildman–Crippen LogP) is 1.74. The van der Waals surface area contributed by atoms with Crippen LogP contribution in [0.2, 0.25) is 0 Å². The molecule has 1 aromatic rings. The molecule has 17 heavy (non-hydrogen) atoms. The van der Waals surface area contributed by atoms with Crippen LogP contribution in [0.1, 0.15) is 36.9 Å². The number of pyridine rings is 1. The van der Waals surface area contributed by atoms with Gasteiger partial charge in [-0.25, -0.2) is 4.98 Å². The first kappa shape index (κ1) is 12.0. The van der Waals surface area contributed by atoms with Crippen molar-refractivity contribution in [2.45, 2.75) is 44.4 Å². The fourth-order valence-electron chi connectivity index (χ4n) is 2.09. The number of rotatable bonds is 3. The maximum atomic E-state index is 8.74. The molecule has 0 atom stereocenters. The van der Waals surface area contributed by atoms with Gasteiger partial charge in [-0.05, 0) is 43.4 Å². The standard InChI is InChI=1S/C13H17N3O/c14-8-12-7-10(5-6-16-12)9-17-13-3-1-11(15)2-4-13/h5-7,11,13H,1-4,9,15H2. The topological polar surface area (TPSA) is 71.9 Å². The van der Waals surface area contributed by atoms with Crippen LogP contribution in [0.5, 0.6) is 0 Å². The Morgan fingerprint density at radius 3 is 2.88 bits per heavy atom. The molecule has 1 saturated carbocycles. The number of aromatic nitrogens is 1. The minimum absolute atomic E-state index is 0.313. The second-order valence-electron chi connectivity index (χ2n) is 4.51. The van der Waals surface area contributed by atoms with Gasteiger partial charge in [-0.1, -0.05) is 0 Å². The Morgan fingerprint density at radius 1 is 1.41 bits per heavy atom. The molecule has 4 heteroatoms. The lowest BCUT2D eigenvalue weighted by atomic mass is 9.94. The Balaban J connectivity index is 1.83. The average molecular weight is 231 g/mol. The molecule has 1 aromatic heterocycles. The summed E-state index contributed by atoms with van der Waals surface area (Å²) in [7, 11) is 0. The van der Waals surface area contributed by atoms with Crippen molar-refractivity contribution >= 4 is 0 Å². The molecule has 1 aliphatic rings.